The van der Waals surface area contributed by atoms with Crippen molar-refractivity contribution < 1.29 is 21.9 Å². The molecule has 0 aromatic heterocycles. The molecular weight excluding hydrogens is 315 g/mol. The highest BCUT2D eigenvalue weighted by Gasteiger charge is 2.43. The number of hydrogen-bond acceptors (Lipinski definition) is 2. The topological polar surface area (TPSA) is 26.3 Å². The van der Waals surface area contributed by atoms with Crippen LogP contribution >= 0.6 is 7.26 Å². The van der Waals surface area contributed by atoms with Gasteiger partial charge < -0.3 is 17.1 Å². The third-order valence-electron chi connectivity index (χ3n) is 4.27. The number of carbonyl (C=O) groups excluding carboxylic acids is 1. The van der Waals surface area contributed by atoms with Crippen LogP contribution in [0.3, 0.4) is 0 Å². The van der Waals surface area contributed by atoms with Gasteiger partial charge in [0, 0.05) is 12.5 Å². The van der Waals surface area contributed by atoms with Crippen molar-refractivity contribution in [3.8, 4) is 0 Å². The molecule has 0 N–H and O–H groups in total. The molecule has 0 aliphatic carbocycles. The summed E-state index contributed by atoms with van der Waals surface area (Å²) in [6.07, 6.45) is 11.3. The van der Waals surface area contributed by atoms with Crippen LogP contribution in [0.2, 0.25) is 0 Å². The molecule has 22 heavy (non-hydrogen) atoms. The molecule has 0 heterocycles. The monoisotopic (exact) mass is 350 g/mol. The Morgan fingerprint density at radius 2 is 1.36 bits per heavy atom. The van der Waals surface area contributed by atoms with Gasteiger partial charge in [0.1, 0.15) is 0 Å². The largest absolute Gasteiger partial charge is 1.00 e. The van der Waals surface area contributed by atoms with Crippen LogP contribution in [0.25, 0.3) is 0 Å². The number of hydrogen-bond donors (Lipinski definition) is 0. The molecule has 2 nitrogen and oxygen atoms in total. The van der Waals surface area contributed by atoms with Gasteiger partial charge in [0.2, 0.25) is 5.85 Å². The third-order valence-corrected chi connectivity index (χ3v) is 9.54. The van der Waals surface area contributed by atoms with E-state index >= 15 is 0 Å². The summed E-state index contributed by atoms with van der Waals surface area (Å²) in [5.74, 6) is -0.122. The van der Waals surface area contributed by atoms with Gasteiger partial charge in [-0.2, -0.15) is 0 Å². The summed E-state index contributed by atoms with van der Waals surface area (Å²) in [6.45, 7) is 14.3. The Balaban J connectivity index is 0. The highest BCUT2D eigenvalue weighted by molar-refractivity contribution is 7.76. The van der Waals surface area contributed by atoms with Gasteiger partial charge in [-0.3, -0.25) is 0 Å². The van der Waals surface area contributed by atoms with E-state index in [1.54, 1.807) is 6.92 Å². The smallest absolute Gasteiger partial charge is 0.336 e. The van der Waals surface area contributed by atoms with Crippen LogP contribution in [0.15, 0.2) is 12.2 Å². The number of esters is 1. The predicted molar refractivity (Wildman–Crippen MR) is 96.6 cm³/mol. The lowest BCUT2D eigenvalue weighted by Gasteiger charge is -2.32. The van der Waals surface area contributed by atoms with Crippen molar-refractivity contribution in [2.24, 2.45) is 0 Å². The number of ether oxygens (including phenoxy) is 1. The van der Waals surface area contributed by atoms with Crippen molar-refractivity contribution >= 4 is 13.2 Å². The van der Waals surface area contributed by atoms with E-state index in [2.05, 4.69) is 34.3 Å². The molecule has 0 rings (SSSR count). The lowest BCUT2D eigenvalue weighted by atomic mass is 10.4. The van der Waals surface area contributed by atoms with E-state index in [4.69, 9.17) is 4.74 Å². The van der Waals surface area contributed by atoms with Crippen molar-refractivity contribution in [1.29, 1.82) is 0 Å². The second-order valence-corrected chi connectivity index (χ2v) is 10.7. The first-order valence-electron chi connectivity index (χ1n) is 8.65. The van der Waals surface area contributed by atoms with Gasteiger partial charge in [-0.05, 0) is 26.2 Å². The molecule has 0 spiro atoms. The fraction of sp³-hybridized carbons (Fsp3) is 0.833. The van der Waals surface area contributed by atoms with E-state index in [0.29, 0.717) is 5.57 Å². The Bertz CT molecular complexity index is 296. The Hall–Kier alpha value is -0.0700. The maximum atomic E-state index is 11.9. The molecule has 0 fully saturated rings. The minimum atomic E-state index is -1.21. The first-order chi connectivity index (χ1) is 9.93. The fourth-order valence-electron chi connectivity index (χ4n) is 2.67. The van der Waals surface area contributed by atoms with Gasteiger partial charge in [0.05, 0.1) is 25.7 Å². The van der Waals surface area contributed by atoms with Crippen LogP contribution in [0.1, 0.15) is 73.1 Å². The van der Waals surface area contributed by atoms with E-state index < -0.39 is 7.26 Å². The number of halogens is 1. The zero-order chi connectivity index (χ0) is 16.3. The zero-order valence-corrected chi connectivity index (χ0v) is 16.9. The molecule has 0 saturated heterocycles. The van der Waals surface area contributed by atoms with E-state index in [-0.39, 0.29) is 24.2 Å². The fourth-order valence-corrected chi connectivity index (χ4v) is 7.59. The number of carbonyl (C=O) groups is 1. The maximum absolute atomic E-state index is 11.9. The molecular formula is C18H36ClO2P. The Kier molecular flexibility index (Phi) is 14.7. The van der Waals surface area contributed by atoms with Crippen LogP contribution in [0.4, 0.5) is 0 Å². The van der Waals surface area contributed by atoms with Gasteiger partial charge in [0.15, 0.2) is 0 Å². The third kappa shape index (κ3) is 8.53. The molecule has 0 aliphatic heterocycles. The summed E-state index contributed by atoms with van der Waals surface area (Å²) in [6, 6.07) is 0. The van der Waals surface area contributed by atoms with Gasteiger partial charge in [-0.25, -0.2) is 4.79 Å². The normalized spacial score (nSPS) is 12.4. The summed E-state index contributed by atoms with van der Waals surface area (Å²) in [4.78, 5) is 11.9. The number of rotatable bonds is 12. The molecule has 0 amide bonds. The second-order valence-electron chi connectivity index (χ2n) is 6.23. The average molecular weight is 351 g/mol. The van der Waals surface area contributed by atoms with E-state index in [1.807, 2.05) is 0 Å². The lowest BCUT2D eigenvalue weighted by molar-refractivity contribution is -0.140. The number of unbranched alkanes of at least 4 members (excludes halogenated alkanes) is 3. The standard InChI is InChI=1S/C18H36O2P.ClH/c1-7-10-13-21(14-11-8-2,15-12-9-3)17(6)20-18(19)16(4)5;/h17H,4,7-15H2,1-3,5-6H3;1H/q+1;/p-1. The predicted octanol–water partition coefficient (Wildman–Crippen LogP) is 2.87. The molecule has 0 aliphatic rings. The summed E-state index contributed by atoms with van der Waals surface area (Å²) in [5, 5.41) is 0. The first kappa shape index (κ1) is 24.2. The Morgan fingerprint density at radius 3 is 1.64 bits per heavy atom. The van der Waals surface area contributed by atoms with Gasteiger partial charge in [0.25, 0.3) is 0 Å². The van der Waals surface area contributed by atoms with Crippen molar-refractivity contribution in [2.75, 3.05) is 18.5 Å². The van der Waals surface area contributed by atoms with Crippen LogP contribution in [-0.4, -0.2) is 30.3 Å². The zero-order valence-electron chi connectivity index (χ0n) is 15.3. The van der Waals surface area contributed by atoms with E-state index in [9.17, 15) is 4.79 Å². The SMILES string of the molecule is C=C(C)C(=O)OC(C)[P+](CCCC)(CCCC)CCCC.[Cl-]. The summed E-state index contributed by atoms with van der Waals surface area (Å²) in [7, 11) is -1.21. The summed E-state index contributed by atoms with van der Waals surface area (Å²) < 4.78 is 5.78. The minimum Gasteiger partial charge on any atom is -1.00 e. The van der Waals surface area contributed by atoms with Crippen LogP contribution in [0, 0.1) is 0 Å². The average Bonchev–Trinajstić information content (AvgIpc) is 2.46. The van der Waals surface area contributed by atoms with Crippen molar-refractivity contribution in [3.05, 3.63) is 12.2 Å². The summed E-state index contributed by atoms with van der Waals surface area (Å²) >= 11 is 0. The van der Waals surface area contributed by atoms with Crippen molar-refractivity contribution in [1.82, 2.24) is 0 Å². The molecule has 132 valence electrons. The van der Waals surface area contributed by atoms with Crippen LogP contribution in [-0.2, 0) is 9.53 Å². The van der Waals surface area contributed by atoms with Gasteiger partial charge in [-0.1, -0.05) is 46.6 Å². The maximum Gasteiger partial charge on any atom is 0.336 e. The highest BCUT2D eigenvalue weighted by atomic mass is 35.5. The van der Waals surface area contributed by atoms with E-state index in [1.165, 1.54) is 57.0 Å². The minimum absolute atomic E-state index is 0. The highest BCUT2D eigenvalue weighted by Crippen LogP contribution is 2.65. The molecule has 1 atom stereocenters. The molecule has 0 aromatic carbocycles. The molecule has 4 heteroatoms. The van der Waals surface area contributed by atoms with Crippen molar-refractivity contribution in [3.63, 3.8) is 0 Å². The lowest BCUT2D eigenvalue weighted by Crippen LogP contribution is -3.00. The Labute approximate surface area is 145 Å². The molecule has 0 aromatic rings. The molecule has 0 radical (unpaired) electrons. The summed E-state index contributed by atoms with van der Waals surface area (Å²) in [5.41, 5.74) is 0.515. The van der Waals surface area contributed by atoms with E-state index in [0.717, 1.165) is 0 Å². The quantitative estimate of drug-likeness (QED) is 0.307. The molecule has 0 saturated carbocycles. The Morgan fingerprint density at radius 1 is 1.00 bits per heavy atom. The van der Waals surface area contributed by atoms with Crippen LogP contribution in [0.5, 0.6) is 0 Å². The van der Waals surface area contributed by atoms with Gasteiger partial charge in [-0.15, -0.1) is 0 Å². The van der Waals surface area contributed by atoms with Gasteiger partial charge >= 0.3 is 5.97 Å². The molecule has 1 unspecified atom stereocenters. The second kappa shape index (κ2) is 13.4. The van der Waals surface area contributed by atoms with Crippen LogP contribution < -0.4 is 12.4 Å². The first-order valence-corrected chi connectivity index (χ1v) is 11.1. The van der Waals surface area contributed by atoms with Crippen molar-refractivity contribution in [2.45, 2.75) is 79.0 Å². The molecule has 0 bridgehead atoms.